The Hall–Kier alpha value is -0.620. The molecule has 0 saturated carbocycles. The molecule has 102 valence electrons. The first-order valence-corrected chi connectivity index (χ1v) is 7.71. The summed E-state index contributed by atoms with van der Waals surface area (Å²) < 4.78 is 25.6. The molecule has 6 heteroatoms. The average Bonchev–Trinajstić information content (AvgIpc) is 2.20. The van der Waals surface area contributed by atoms with Gasteiger partial charge in [-0.3, -0.25) is 5.41 Å². The zero-order valence-corrected chi connectivity index (χ0v) is 11.9. The number of amidine groups is 1. The van der Waals surface area contributed by atoms with Gasteiger partial charge in [0.25, 0.3) is 0 Å². The highest BCUT2D eigenvalue weighted by Crippen LogP contribution is 2.09. The third-order valence-corrected chi connectivity index (χ3v) is 4.27. The molecule has 3 N–H and O–H groups in total. The minimum atomic E-state index is -3.19. The van der Waals surface area contributed by atoms with Crippen LogP contribution >= 0.6 is 0 Å². The fourth-order valence-electron chi connectivity index (χ4n) is 1.45. The summed E-state index contributed by atoms with van der Waals surface area (Å²) in [6.07, 6.45) is 1.84. The Morgan fingerprint density at radius 2 is 2.00 bits per heavy atom. The third kappa shape index (κ3) is 7.33. The molecule has 0 saturated heterocycles. The van der Waals surface area contributed by atoms with Crippen molar-refractivity contribution < 1.29 is 8.42 Å². The summed E-state index contributed by atoms with van der Waals surface area (Å²) in [5.74, 6) is 0.497. The first-order chi connectivity index (χ1) is 7.79. The fourth-order valence-corrected chi connectivity index (χ4v) is 3.26. The lowest BCUT2D eigenvalue weighted by atomic mass is 10.2. The van der Waals surface area contributed by atoms with Gasteiger partial charge in [0, 0.05) is 19.5 Å². The number of unbranched alkanes of at least 4 members (excludes halogenated alkanes) is 1. The lowest BCUT2D eigenvalue weighted by molar-refractivity contribution is 0.373. The van der Waals surface area contributed by atoms with Gasteiger partial charge in [-0.2, -0.15) is 0 Å². The number of hydrogen-bond donors (Lipinski definition) is 2. The van der Waals surface area contributed by atoms with E-state index in [0.29, 0.717) is 25.9 Å². The summed E-state index contributed by atoms with van der Waals surface area (Å²) in [5, 5.41) is 7.17. The minimum absolute atomic E-state index is 0.0319. The molecule has 0 fully saturated rings. The summed E-state index contributed by atoms with van der Waals surface area (Å²) in [6.45, 7) is 6.75. The van der Waals surface area contributed by atoms with Crippen LogP contribution in [0.5, 0.6) is 0 Å². The molecule has 0 aliphatic heterocycles. The van der Waals surface area contributed by atoms with E-state index in [9.17, 15) is 8.42 Å². The van der Waals surface area contributed by atoms with E-state index in [1.807, 2.05) is 20.8 Å². The van der Waals surface area contributed by atoms with Gasteiger partial charge in [-0.15, -0.1) is 0 Å². The van der Waals surface area contributed by atoms with Gasteiger partial charge in [0.1, 0.15) is 0 Å². The van der Waals surface area contributed by atoms with Crippen molar-refractivity contribution in [2.24, 2.45) is 11.7 Å². The third-order valence-electron chi connectivity index (χ3n) is 2.35. The molecular formula is C11H25N3O2S. The van der Waals surface area contributed by atoms with Crippen LogP contribution in [0.4, 0.5) is 0 Å². The SMILES string of the molecule is CCCCS(=O)(=O)N(CCC(=N)N)CC(C)C. The van der Waals surface area contributed by atoms with Crippen molar-refractivity contribution in [1.29, 1.82) is 5.41 Å². The van der Waals surface area contributed by atoms with Crippen LogP contribution in [0.3, 0.4) is 0 Å². The Bertz CT molecular complexity index is 326. The summed E-state index contributed by atoms with van der Waals surface area (Å²) in [4.78, 5) is 0. The zero-order valence-electron chi connectivity index (χ0n) is 11.1. The second kappa shape index (κ2) is 7.66. The first kappa shape index (κ1) is 16.4. The second-order valence-corrected chi connectivity index (χ2v) is 6.79. The van der Waals surface area contributed by atoms with E-state index in [1.54, 1.807) is 0 Å². The maximum Gasteiger partial charge on any atom is 0.214 e. The van der Waals surface area contributed by atoms with Crippen LogP contribution in [0.2, 0.25) is 0 Å². The van der Waals surface area contributed by atoms with Crippen LogP contribution in [0.1, 0.15) is 40.0 Å². The predicted molar refractivity (Wildman–Crippen MR) is 71.6 cm³/mol. The summed E-state index contributed by atoms with van der Waals surface area (Å²) in [6, 6.07) is 0. The molecule has 0 rings (SSSR count). The normalized spacial score (nSPS) is 12.3. The van der Waals surface area contributed by atoms with Gasteiger partial charge in [-0.05, 0) is 12.3 Å². The van der Waals surface area contributed by atoms with Crippen molar-refractivity contribution in [2.75, 3.05) is 18.8 Å². The molecule has 0 aromatic carbocycles. The quantitative estimate of drug-likeness (QED) is 0.487. The van der Waals surface area contributed by atoms with E-state index in [1.165, 1.54) is 4.31 Å². The van der Waals surface area contributed by atoms with E-state index in [4.69, 9.17) is 11.1 Å². The highest BCUT2D eigenvalue weighted by molar-refractivity contribution is 7.89. The number of nitrogens with one attached hydrogen (secondary N) is 1. The van der Waals surface area contributed by atoms with E-state index >= 15 is 0 Å². The van der Waals surface area contributed by atoms with Crippen molar-refractivity contribution >= 4 is 15.9 Å². The average molecular weight is 263 g/mol. The van der Waals surface area contributed by atoms with Crippen molar-refractivity contribution in [1.82, 2.24) is 4.31 Å². The van der Waals surface area contributed by atoms with Gasteiger partial charge < -0.3 is 5.73 Å². The van der Waals surface area contributed by atoms with Crippen molar-refractivity contribution in [3.63, 3.8) is 0 Å². The molecule has 0 radical (unpaired) electrons. The number of sulfonamides is 1. The van der Waals surface area contributed by atoms with Gasteiger partial charge in [-0.1, -0.05) is 27.2 Å². The maximum atomic E-state index is 12.1. The van der Waals surface area contributed by atoms with Gasteiger partial charge in [0.05, 0.1) is 11.6 Å². The van der Waals surface area contributed by atoms with Crippen molar-refractivity contribution in [2.45, 2.75) is 40.0 Å². The van der Waals surface area contributed by atoms with Gasteiger partial charge >= 0.3 is 0 Å². The molecule has 0 spiro atoms. The topological polar surface area (TPSA) is 87.2 Å². The van der Waals surface area contributed by atoms with Gasteiger partial charge in [0.2, 0.25) is 10.0 Å². The molecule has 0 amide bonds. The lowest BCUT2D eigenvalue weighted by Gasteiger charge is -2.23. The minimum Gasteiger partial charge on any atom is -0.388 e. The van der Waals surface area contributed by atoms with Crippen LogP contribution < -0.4 is 5.73 Å². The summed E-state index contributed by atoms with van der Waals surface area (Å²) >= 11 is 0. The van der Waals surface area contributed by atoms with Crippen LogP contribution in [-0.4, -0.2) is 37.4 Å². The van der Waals surface area contributed by atoms with E-state index in [2.05, 4.69) is 0 Å². The summed E-state index contributed by atoms with van der Waals surface area (Å²) in [7, 11) is -3.19. The van der Waals surface area contributed by atoms with Gasteiger partial charge in [-0.25, -0.2) is 12.7 Å². The number of nitrogens with zero attached hydrogens (tertiary/aromatic N) is 1. The van der Waals surface area contributed by atoms with Crippen LogP contribution in [0, 0.1) is 11.3 Å². The Morgan fingerprint density at radius 3 is 2.41 bits per heavy atom. The molecule has 17 heavy (non-hydrogen) atoms. The Kier molecular flexibility index (Phi) is 7.38. The number of hydrogen-bond acceptors (Lipinski definition) is 3. The molecule has 0 bridgehead atoms. The van der Waals surface area contributed by atoms with Crippen molar-refractivity contribution in [3.8, 4) is 0 Å². The zero-order chi connectivity index (χ0) is 13.5. The van der Waals surface area contributed by atoms with Gasteiger partial charge in [0.15, 0.2) is 0 Å². The monoisotopic (exact) mass is 263 g/mol. The molecule has 0 aromatic rings. The van der Waals surface area contributed by atoms with Crippen molar-refractivity contribution in [3.05, 3.63) is 0 Å². The molecule has 0 aromatic heterocycles. The molecule has 0 atom stereocenters. The number of rotatable bonds is 9. The maximum absolute atomic E-state index is 12.1. The van der Waals surface area contributed by atoms with E-state index < -0.39 is 10.0 Å². The van der Waals surface area contributed by atoms with E-state index in [0.717, 1.165) is 6.42 Å². The highest BCUT2D eigenvalue weighted by atomic mass is 32.2. The second-order valence-electron chi connectivity index (χ2n) is 4.70. The lowest BCUT2D eigenvalue weighted by Crippen LogP contribution is -2.38. The Morgan fingerprint density at radius 1 is 1.41 bits per heavy atom. The standard InChI is InChI=1S/C11H25N3O2S/c1-4-5-8-17(15,16)14(9-10(2)3)7-6-11(12)13/h10H,4-9H2,1-3H3,(H3,12,13). The molecule has 0 unspecified atom stereocenters. The smallest absolute Gasteiger partial charge is 0.214 e. The highest BCUT2D eigenvalue weighted by Gasteiger charge is 2.22. The Labute approximate surface area is 105 Å². The largest absolute Gasteiger partial charge is 0.388 e. The Balaban J connectivity index is 4.59. The fraction of sp³-hybridized carbons (Fsp3) is 0.909. The molecule has 0 heterocycles. The van der Waals surface area contributed by atoms with E-state index in [-0.39, 0.29) is 17.5 Å². The van der Waals surface area contributed by atoms with Crippen LogP contribution in [0.25, 0.3) is 0 Å². The molecular weight excluding hydrogens is 238 g/mol. The van der Waals surface area contributed by atoms with Crippen LogP contribution in [-0.2, 0) is 10.0 Å². The molecule has 0 aliphatic rings. The predicted octanol–water partition coefficient (Wildman–Crippen LogP) is 1.40. The number of nitrogens with two attached hydrogens (primary N) is 1. The summed E-state index contributed by atoms with van der Waals surface area (Å²) in [5.41, 5.74) is 5.28. The molecule has 0 aliphatic carbocycles. The van der Waals surface area contributed by atoms with Crippen LogP contribution in [0.15, 0.2) is 0 Å². The molecule has 5 nitrogen and oxygen atoms in total. The first-order valence-electron chi connectivity index (χ1n) is 6.10.